The summed E-state index contributed by atoms with van der Waals surface area (Å²) in [5.74, 6) is 1.54. The van der Waals surface area contributed by atoms with Gasteiger partial charge in [-0.15, -0.1) is 24.0 Å². The van der Waals surface area contributed by atoms with E-state index in [0.717, 1.165) is 37.7 Å². The maximum Gasteiger partial charge on any atom is 0.412 e. The quantitative estimate of drug-likeness (QED) is 0.274. The first kappa shape index (κ1) is 27.5. The van der Waals surface area contributed by atoms with Crippen molar-refractivity contribution in [2.75, 3.05) is 45.1 Å². The van der Waals surface area contributed by atoms with Crippen LogP contribution in [0.3, 0.4) is 0 Å². The van der Waals surface area contributed by atoms with E-state index in [9.17, 15) is 4.79 Å². The average molecular weight is 546 g/mol. The van der Waals surface area contributed by atoms with E-state index in [2.05, 4.69) is 32.8 Å². The Morgan fingerprint density at radius 1 is 1.23 bits per heavy atom. The molecule has 1 fully saturated rings. The molecule has 3 N–H and O–H groups in total. The van der Waals surface area contributed by atoms with Gasteiger partial charge < -0.3 is 20.3 Å². The van der Waals surface area contributed by atoms with Crippen LogP contribution in [0.1, 0.15) is 46.1 Å². The number of piperidine rings is 1. The monoisotopic (exact) mass is 545 g/mol. The summed E-state index contributed by atoms with van der Waals surface area (Å²) in [5.41, 5.74) is 1.42. The molecule has 1 heterocycles. The molecule has 0 saturated carbocycles. The van der Waals surface area contributed by atoms with Gasteiger partial charge in [-0.3, -0.25) is 10.3 Å². The fourth-order valence-electron chi connectivity index (χ4n) is 3.57. The van der Waals surface area contributed by atoms with E-state index < -0.39 is 11.7 Å². The van der Waals surface area contributed by atoms with Gasteiger partial charge in [0, 0.05) is 32.4 Å². The maximum absolute atomic E-state index is 11.8. The number of carbonyl (C=O) groups excluding carboxylic acids is 1. The minimum absolute atomic E-state index is 0. The molecule has 0 spiro atoms. The zero-order chi connectivity index (χ0) is 22.0. The Labute approximate surface area is 204 Å². The van der Waals surface area contributed by atoms with Crippen LogP contribution in [0.2, 0.25) is 0 Å². The van der Waals surface area contributed by atoms with Gasteiger partial charge in [-0.25, -0.2) is 4.79 Å². The smallest absolute Gasteiger partial charge is 0.412 e. The number of hydrogen-bond acceptors (Lipinski definition) is 4. The van der Waals surface area contributed by atoms with Crippen LogP contribution in [-0.2, 0) is 11.2 Å². The minimum Gasteiger partial charge on any atom is -0.444 e. The van der Waals surface area contributed by atoms with Crippen molar-refractivity contribution < 1.29 is 9.53 Å². The van der Waals surface area contributed by atoms with Gasteiger partial charge in [-0.1, -0.05) is 19.1 Å². The fourth-order valence-corrected chi connectivity index (χ4v) is 3.57. The van der Waals surface area contributed by atoms with Crippen molar-refractivity contribution in [2.45, 2.75) is 52.6 Å². The highest BCUT2D eigenvalue weighted by Crippen LogP contribution is 2.15. The van der Waals surface area contributed by atoms with Crippen molar-refractivity contribution in [3.63, 3.8) is 0 Å². The van der Waals surface area contributed by atoms with Gasteiger partial charge in [0.05, 0.1) is 0 Å². The lowest BCUT2D eigenvalue weighted by molar-refractivity contribution is 0.0636. The molecule has 1 atom stereocenters. The third-order valence-electron chi connectivity index (χ3n) is 5.14. The molecule has 7 nitrogen and oxygen atoms in total. The van der Waals surface area contributed by atoms with Gasteiger partial charge >= 0.3 is 6.09 Å². The van der Waals surface area contributed by atoms with Crippen LogP contribution in [0.5, 0.6) is 0 Å². The molecule has 8 heteroatoms. The number of carbonyl (C=O) groups is 1. The topological polar surface area (TPSA) is 78.0 Å². The van der Waals surface area contributed by atoms with Crippen LogP contribution in [0.15, 0.2) is 29.3 Å². The zero-order valence-electron chi connectivity index (χ0n) is 19.7. The lowest BCUT2D eigenvalue weighted by Gasteiger charge is -2.32. The summed E-state index contributed by atoms with van der Waals surface area (Å²) in [7, 11) is 1.81. The molecule has 1 amide bonds. The first-order valence-electron chi connectivity index (χ1n) is 11.0. The Bertz CT molecular complexity index is 688. The van der Waals surface area contributed by atoms with Crippen molar-refractivity contribution in [3.05, 3.63) is 29.8 Å². The molecule has 0 radical (unpaired) electrons. The van der Waals surface area contributed by atoms with E-state index >= 15 is 0 Å². The number of guanidine groups is 1. The van der Waals surface area contributed by atoms with Gasteiger partial charge in [0.25, 0.3) is 0 Å². The Morgan fingerprint density at radius 3 is 2.55 bits per heavy atom. The number of halogens is 1. The normalized spacial score (nSPS) is 17.5. The summed E-state index contributed by atoms with van der Waals surface area (Å²) in [6.45, 7) is 13.1. The standard InChI is InChI=1S/C23H39N5O2.HI/c1-6-28-15-7-8-19(17-28)16-26-21(24-5)25-14-13-18-9-11-20(12-10-18)27-22(29)30-23(2,3)4;/h9-12,19H,6-8,13-17H2,1-5H3,(H,27,29)(H2,24,25,26);1H. The largest absolute Gasteiger partial charge is 0.444 e. The predicted molar refractivity (Wildman–Crippen MR) is 140 cm³/mol. The van der Waals surface area contributed by atoms with E-state index in [1.807, 2.05) is 52.1 Å². The van der Waals surface area contributed by atoms with E-state index in [1.165, 1.54) is 31.5 Å². The van der Waals surface area contributed by atoms with Crippen LogP contribution in [0.25, 0.3) is 0 Å². The molecule has 1 aliphatic heterocycles. The number of rotatable bonds is 7. The summed E-state index contributed by atoms with van der Waals surface area (Å²) in [6, 6.07) is 7.83. The molecule has 1 aromatic rings. The highest BCUT2D eigenvalue weighted by atomic mass is 127. The first-order valence-corrected chi connectivity index (χ1v) is 11.0. The second-order valence-electron chi connectivity index (χ2n) is 8.86. The first-order chi connectivity index (χ1) is 14.3. The van der Waals surface area contributed by atoms with E-state index in [4.69, 9.17) is 4.74 Å². The van der Waals surface area contributed by atoms with Crippen molar-refractivity contribution in [2.24, 2.45) is 10.9 Å². The molecule has 2 rings (SSSR count). The fraction of sp³-hybridized carbons (Fsp3) is 0.652. The van der Waals surface area contributed by atoms with Gasteiger partial charge in [0.1, 0.15) is 5.60 Å². The average Bonchev–Trinajstić information content (AvgIpc) is 2.70. The second-order valence-corrected chi connectivity index (χ2v) is 8.86. The molecular weight excluding hydrogens is 505 g/mol. The number of likely N-dealkylation sites (tertiary alicyclic amines) is 1. The Balaban J connectivity index is 0.00000480. The van der Waals surface area contributed by atoms with Gasteiger partial charge in [-0.2, -0.15) is 0 Å². The molecule has 1 unspecified atom stereocenters. The van der Waals surface area contributed by atoms with Gasteiger partial charge in [-0.05, 0) is 76.7 Å². The number of benzene rings is 1. The van der Waals surface area contributed by atoms with Crippen molar-refractivity contribution in [1.82, 2.24) is 15.5 Å². The number of anilines is 1. The highest BCUT2D eigenvalue weighted by molar-refractivity contribution is 14.0. The van der Waals surface area contributed by atoms with E-state index in [0.29, 0.717) is 5.92 Å². The molecule has 1 aliphatic rings. The van der Waals surface area contributed by atoms with Crippen LogP contribution >= 0.6 is 24.0 Å². The summed E-state index contributed by atoms with van der Waals surface area (Å²) in [6.07, 6.45) is 3.00. The SMILES string of the molecule is CCN1CCCC(CNC(=NC)NCCc2ccc(NC(=O)OC(C)(C)C)cc2)C1.I. The molecule has 1 aromatic carbocycles. The number of aliphatic imine (C=N–C) groups is 1. The summed E-state index contributed by atoms with van der Waals surface area (Å²) in [4.78, 5) is 18.7. The van der Waals surface area contributed by atoms with Gasteiger partial charge in [0.2, 0.25) is 0 Å². The van der Waals surface area contributed by atoms with Crippen LogP contribution in [-0.4, -0.2) is 62.3 Å². The van der Waals surface area contributed by atoms with E-state index in [-0.39, 0.29) is 24.0 Å². The third kappa shape index (κ3) is 11.0. The Morgan fingerprint density at radius 2 is 1.94 bits per heavy atom. The van der Waals surface area contributed by atoms with Crippen LogP contribution in [0, 0.1) is 5.92 Å². The molecule has 0 aromatic heterocycles. The molecule has 31 heavy (non-hydrogen) atoms. The molecular formula is C23H40IN5O2. The van der Waals surface area contributed by atoms with Crippen LogP contribution < -0.4 is 16.0 Å². The van der Waals surface area contributed by atoms with Crippen molar-refractivity contribution >= 4 is 41.7 Å². The number of amides is 1. The van der Waals surface area contributed by atoms with Crippen LogP contribution in [0.4, 0.5) is 10.5 Å². The molecule has 0 aliphatic carbocycles. The second kappa shape index (κ2) is 13.8. The van der Waals surface area contributed by atoms with Crippen molar-refractivity contribution in [3.8, 4) is 0 Å². The third-order valence-corrected chi connectivity index (χ3v) is 5.14. The summed E-state index contributed by atoms with van der Waals surface area (Å²) < 4.78 is 5.27. The lowest BCUT2D eigenvalue weighted by Crippen LogP contribution is -2.44. The number of hydrogen-bond donors (Lipinski definition) is 3. The molecule has 176 valence electrons. The predicted octanol–water partition coefficient (Wildman–Crippen LogP) is 4.09. The highest BCUT2D eigenvalue weighted by Gasteiger charge is 2.19. The molecule has 0 bridgehead atoms. The van der Waals surface area contributed by atoms with Crippen molar-refractivity contribution in [1.29, 1.82) is 0 Å². The molecule has 1 saturated heterocycles. The lowest BCUT2D eigenvalue weighted by atomic mass is 9.98. The number of nitrogens with zero attached hydrogens (tertiary/aromatic N) is 2. The van der Waals surface area contributed by atoms with Gasteiger partial charge in [0.15, 0.2) is 5.96 Å². The zero-order valence-corrected chi connectivity index (χ0v) is 22.0. The number of ether oxygens (including phenoxy) is 1. The Hall–Kier alpha value is -1.55. The summed E-state index contributed by atoms with van der Waals surface area (Å²) >= 11 is 0. The Kier molecular flexibility index (Phi) is 12.2. The minimum atomic E-state index is -0.505. The van der Waals surface area contributed by atoms with E-state index in [1.54, 1.807) is 0 Å². The number of nitrogens with one attached hydrogen (secondary N) is 3. The summed E-state index contributed by atoms with van der Waals surface area (Å²) in [5, 5.41) is 9.62. The maximum atomic E-state index is 11.8.